The molecule has 0 radical (unpaired) electrons. The van der Waals surface area contributed by atoms with Crippen molar-refractivity contribution < 1.29 is 28.7 Å². The average Bonchev–Trinajstić information content (AvgIpc) is 3.21. The third-order valence-corrected chi connectivity index (χ3v) is 4.87. The Morgan fingerprint density at radius 2 is 1.72 bits per heavy atom. The number of nitrogens with zero attached hydrogens (tertiary/aromatic N) is 1. The zero-order valence-corrected chi connectivity index (χ0v) is 19.3. The molecule has 0 bridgehead atoms. The van der Waals surface area contributed by atoms with Crippen LogP contribution in [0.1, 0.15) is 53.0 Å². The predicted octanol–water partition coefficient (Wildman–Crippen LogP) is 2.14. The maximum atomic E-state index is 12.7. The minimum atomic E-state index is -0.895. The largest absolute Gasteiger partial charge is 0.459 e. The van der Waals surface area contributed by atoms with Crippen LogP contribution in [0.4, 0.5) is 4.79 Å². The number of carbonyl (C=O) groups is 4. The maximum Gasteiger partial charge on any atom is 0.410 e. The SMILES string of the molecule is C[C@H](NC(=O)[C@@H]1CCCN1C(=O)OC(C)(C)C)C(=O)N[C@@H](C)C(=O)OCc1ccccc1. The number of esters is 1. The molecule has 1 aliphatic rings. The number of hydrogen-bond acceptors (Lipinski definition) is 6. The van der Waals surface area contributed by atoms with E-state index >= 15 is 0 Å². The highest BCUT2D eigenvalue weighted by Gasteiger charge is 2.37. The lowest BCUT2D eigenvalue weighted by atomic mass is 10.2. The lowest BCUT2D eigenvalue weighted by molar-refractivity contribution is -0.148. The molecule has 3 atom stereocenters. The molecule has 3 amide bonds. The van der Waals surface area contributed by atoms with Crippen molar-refractivity contribution in [2.45, 2.75) is 77.8 Å². The summed E-state index contributed by atoms with van der Waals surface area (Å²) in [5, 5.41) is 5.16. The van der Waals surface area contributed by atoms with Crippen LogP contribution in [-0.4, -0.2) is 59.0 Å². The first-order valence-corrected chi connectivity index (χ1v) is 10.8. The van der Waals surface area contributed by atoms with Gasteiger partial charge in [0.15, 0.2) is 0 Å². The monoisotopic (exact) mass is 447 g/mol. The molecule has 1 fully saturated rings. The van der Waals surface area contributed by atoms with Gasteiger partial charge < -0.3 is 20.1 Å². The Hall–Kier alpha value is -3.10. The highest BCUT2D eigenvalue weighted by atomic mass is 16.6. The lowest BCUT2D eigenvalue weighted by Gasteiger charge is -2.28. The second-order valence-corrected chi connectivity index (χ2v) is 8.89. The molecule has 1 aliphatic heterocycles. The Bertz CT molecular complexity index is 821. The summed E-state index contributed by atoms with van der Waals surface area (Å²) in [6.07, 6.45) is 0.603. The van der Waals surface area contributed by atoms with Crippen LogP contribution in [0.5, 0.6) is 0 Å². The van der Waals surface area contributed by atoms with E-state index in [1.807, 2.05) is 30.3 Å². The predicted molar refractivity (Wildman–Crippen MR) is 117 cm³/mol. The van der Waals surface area contributed by atoms with Crippen LogP contribution < -0.4 is 10.6 Å². The van der Waals surface area contributed by atoms with E-state index in [1.165, 1.54) is 18.7 Å². The lowest BCUT2D eigenvalue weighted by Crippen LogP contribution is -2.54. The fraction of sp³-hybridized carbons (Fsp3) is 0.565. The summed E-state index contributed by atoms with van der Waals surface area (Å²) in [6.45, 7) is 8.83. The molecule has 0 aromatic heterocycles. The first-order valence-electron chi connectivity index (χ1n) is 10.8. The van der Waals surface area contributed by atoms with Gasteiger partial charge in [-0.2, -0.15) is 0 Å². The molecule has 2 rings (SSSR count). The summed E-state index contributed by atoms with van der Waals surface area (Å²) in [5.41, 5.74) is 0.171. The van der Waals surface area contributed by atoms with Gasteiger partial charge in [0.1, 0.15) is 30.3 Å². The summed E-state index contributed by atoms with van der Waals surface area (Å²) in [6, 6.07) is 6.73. The van der Waals surface area contributed by atoms with Crippen molar-refractivity contribution in [2.24, 2.45) is 0 Å². The molecule has 9 nitrogen and oxygen atoms in total. The molecule has 32 heavy (non-hydrogen) atoms. The highest BCUT2D eigenvalue weighted by molar-refractivity contribution is 5.92. The molecular weight excluding hydrogens is 414 g/mol. The standard InChI is InChI=1S/C23H33N3O6/c1-15(19(27)25-16(2)21(29)31-14-17-10-7-6-8-11-17)24-20(28)18-12-9-13-26(18)22(30)32-23(3,4)5/h6-8,10-11,15-16,18H,9,12-14H2,1-5H3,(H,24,28)(H,25,27)/t15-,16-,18-/m0/s1. The summed E-state index contributed by atoms with van der Waals surface area (Å²) in [4.78, 5) is 51.0. The molecule has 9 heteroatoms. The second-order valence-electron chi connectivity index (χ2n) is 8.89. The van der Waals surface area contributed by atoms with E-state index < -0.39 is 47.6 Å². The molecular formula is C23H33N3O6. The van der Waals surface area contributed by atoms with E-state index in [9.17, 15) is 19.2 Å². The first kappa shape index (κ1) is 25.2. The van der Waals surface area contributed by atoms with Crippen LogP contribution >= 0.6 is 0 Å². The molecule has 2 N–H and O–H groups in total. The topological polar surface area (TPSA) is 114 Å². The second kappa shape index (κ2) is 11.0. The van der Waals surface area contributed by atoms with Gasteiger partial charge in [0.2, 0.25) is 11.8 Å². The van der Waals surface area contributed by atoms with E-state index in [-0.39, 0.29) is 6.61 Å². The Labute approximate surface area is 188 Å². The van der Waals surface area contributed by atoms with E-state index in [0.29, 0.717) is 19.4 Å². The third-order valence-electron chi connectivity index (χ3n) is 4.87. The number of likely N-dealkylation sites (tertiary alicyclic amines) is 1. The molecule has 1 saturated heterocycles. The normalized spacial score (nSPS) is 17.8. The zero-order chi connectivity index (χ0) is 23.9. The van der Waals surface area contributed by atoms with Gasteiger partial charge in [-0.25, -0.2) is 9.59 Å². The third kappa shape index (κ3) is 7.55. The Morgan fingerprint density at radius 1 is 1.06 bits per heavy atom. The fourth-order valence-corrected chi connectivity index (χ4v) is 3.20. The Morgan fingerprint density at radius 3 is 2.34 bits per heavy atom. The summed E-state index contributed by atoms with van der Waals surface area (Å²) in [7, 11) is 0. The maximum absolute atomic E-state index is 12.7. The zero-order valence-electron chi connectivity index (χ0n) is 19.3. The van der Waals surface area contributed by atoms with Gasteiger partial charge in [-0.3, -0.25) is 14.5 Å². The number of nitrogens with one attached hydrogen (secondary N) is 2. The van der Waals surface area contributed by atoms with E-state index in [0.717, 1.165) is 5.56 Å². The smallest absolute Gasteiger partial charge is 0.410 e. The summed E-state index contributed by atoms with van der Waals surface area (Å²) in [5.74, 6) is -1.53. The molecule has 0 aliphatic carbocycles. The quantitative estimate of drug-likeness (QED) is 0.619. The summed E-state index contributed by atoms with van der Waals surface area (Å²) < 4.78 is 10.6. The molecule has 0 spiro atoms. The van der Waals surface area contributed by atoms with E-state index in [2.05, 4.69) is 10.6 Å². The van der Waals surface area contributed by atoms with Crippen molar-refractivity contribution in [3.63, 3.8) is 0 Å². The van der Waals surface area contributed by atoms with Gasteiger partial charge in [-0.1, -0.05) is 30.3 Å². The Kier molecular flexibility index (Phi) is 8.63. The number of carbonyl (C=O) groups excluding carboxylic acids is 4. The van der Waals surface area contributed by atoms with Gasteiger partial charge in [-0.15, -0.1) is 0 Å². The van der Waals surface area contributed by atoms with Crippen molar-refractivity contribution in [3.8, 4) is 0 Å². The highest BCUT2D eigenvalue weighted by Crippen LogP contribution is 2.21. The molecule has 1 aromatic rings. The van der Waals surface area contributed by atoms with Crippen LogP contribution in [0.15, 0.2) is 30.3 Å². The van der Waals surface area contributed by atoms with Crippen LogP contribution in [0.25, 0.3) is 0 Å². The minimum absolute atomic E-state index is 0.106. The van der Waals surface area contributed by atoms with Crippen molar-refractivity contribution in [3.05, 3.63) is 35.9 Å². The van der Waals surface area contributed by atoms with Gasteiger partial charge in [-0.05, 0) is 53.0 Å². The molecule has 1 aromatic carbocycles. The van der Waals surface area contributed by atoms with Crippen molar-refractivity contribution in [2.75, 3.05) is 6.54 Å². The van der Waals surface area contributed by atoms with Crippen molar-refractivity contribution in [1.29, 1.82) is 0 Å². The number of rotatable bonds is 7. The molecule has 176 valence electrons. The van der Waals surface area contributed by atoms with Crippen LogP contribution in [0, 0.1) is 0 Å². The van der Waals surface area contributed by atoms with E-state index in [4.69, 9.17) is 9.47 Å². The van der Waals surface area contributed by atoms with Crippen LogP contribution in [-0.2, 0) is 30.5 Å². The van der Waals surface area contributed by atoms with Crippen molar-refractivity contribution in [1.82, 2.24) is 15.5 Å². The molecule has 0 saturated carbocycles. The average molecular weight is 448 g/mol. The van der Waals surface area contributed by atoms with Crippen molar-refractivity contribution >= 4 is 23.9 Å². The van der Waals surface area contributed by atoms with Gasteiger partial charge >= 0.3 is 12.1 Å². The number of benzene rings is 1. The van der Waals surface area contributed by atoms with Gasteiger partial charge in [0.25, 0.3) is 0 Å². The summed E-state index contributed by atoms with van der Waals surface area (Å²) >= 11 is 0. The Balaban J connectivity index is 1.83. The van der Waals surface area contributed by atoms with Gasteiger partial charge in [0.05, 0.1) is 0 Å². The van der Waals surface area contributed by atoms with Crippen LogP contribution in [0.2, 0.25) is 0 Å². The minimum Gasteiger partial charge on any atom is -0.459 e. The fourth-order valence-electron chi connectivity index (χ4n) is 3.20. The number of hydrogen-bond donors (Lipinski definition) is 2. The molecule has 1 heterocycles. The number of ether oxygens (including phenoxy) is 2. The number of amides is 3. The first-order chi connectivity index (χ1) is 15.0. The van der Waals surface area contributed by atoms with E-state index in [1.54, 1.807) is 20.8 Å². The van der Waals surface area contributed by atoms with Gasteiger partial charge in [0, 0.05) is 6.54 Å². The van der Waals surface area contributed by atoms with Crippen LogP contribution in [0.3, 0.4) is 0 Å². The molecule has 0 unspecified atom stereocenters.